The number of nitrogens with one attached hydrogen (secondary N) is 1. The molecule has 0 spiro atoms. The molecule has 0 unspecified atom stereocenters. The molecule has 1 fully saturated rings. The second-order valence-electron chi connectivity index (χ2n) is 6.04. The molecule has 2 aromatic rings. The van der Waals surface area contributed by atoms with Crippen LogP contribution in [0.3, 0.4) is 0 Å². The van der Waals surface area contributed by atoms with Crippen LogP contribution >= 0.6 is 0 Å². The van der Waals surface area contributed by atoms with E-state index in [4.69, 9.17) is 9.47 Å². The molecule has 1 saturated heterocycles. The van der Waals surface area contributed by atoms with E-state index in [1.54, 1.807) is 6.07 Å². The van der Waals surface area contributed by atoms with Gasteiger partial charge < -0.3 is 19.7 Å². The van der Waals surface area contributed by atoms with Gasteiger partial charge in [-0.1, -0.05) is 0 Å². The molecule has 6 nitrogen and oxygen atoms in total. The summed E-state index contributed by atoms with van der Waals surface area (Å²) >= 11 is 0. The summed E-state index contributed by atoms with van der Waals surface area (Å²) in [5, 5.41) is 2.94. The van der Waals surface area contributed by atoms with Gasteiger partial charge in [-0.05, 0) is 48.6 Å². The molecular formula is C18H19N3O3. The van der Waals surface area contributed by atoms with Crippen LogP contribution in [0.15, 0.2) is 42.7 Å². The third kappa shape index (κ3) is 2.99. The fourth-order valence-corrected chi connectivity index (χ4v) is 3.23. The number of carbonyl (C=O) groups is 1. The number of carbonyl (C=O) groups excluding carboxylic acids is 1. The first-order valence-electron chi connectivity index (χ1n) is 8.15. The van der Waals surface area contributed by atoms with Crippen molar-refractivity contribution in [3.8, 4) is 11.5 Å². The van der Waals surface area contributed by atoms with E-state index in [2.05, 4.69) is 22.4 Å². The smallest absolute Gasteiger partial charge is 0.321 e. The first-order chi connectivity index (χ1) is 11.8. The molecule has 24 heavy (non-hydrogen) atoms. The fraction of sp³-hybridized carbons (Fsp3) is 0.333. The Labute approximate surface area is 140 Å². The van der Waals surface area contributed by atoms with Gasteiger partial charge in [-0.15, -0.1) is 0 Å². The first kappa shape index (κ1) is 14.8. The van der Waals surface area contributed by atoms with E-state index in [-0.39, 0.29) is 12.8 Å². The summed E-state index contributed by atoms with van der Waals surface area (Å²) in [6, 6.07) is 9.49. The summed E-state index contributed by atoms with van der Waals surface area (Å²) in [7, 11) is 0. The van der Waals surface area contributed by atoms with Gasteiger partial charge in [0.05, 0.1) is 0 Å². The lowest BCUT2D eigenvalue weighted by Gasteiger charge is -2.32. The lowest BCUT2D eigenvalue weighted by atomic mass is 9.90. The van der Waals surface area contributed by atoms with Crippen molar-refractivity contribution in [2.24, 2.45) is 0 Å². The number of aromatic nitrogens is 1. The second-order valence-corrected chi connectivity index (χ2v) is 6.04. The highest BCUT2D eigenvalue weighted by atomic mass is 16.7. The zero-order valence-corrected chi connectivity index (χ0v) is 13.3. The van der Waals surface area contributed by atoms with Gasteiger partial charge in [0, 0.05) is 37.2 Å². The highest BCUT2D eigenvalue weighted by Gasteiger charge is 2.24. The van der Waals surface area contributed by atoms with E-state index < -0.39 is 0 Å². The van der Waals surface area contributed by atoms with Gasteiger partial charge in [0.25, 0.3) is 0 Å². The Morgan fingerprint density at radius 3 is 2.62 bits per heavy atom. The standard InChI is InChI=1S/C18H19N3O3/c22-18(20-15-1-2-16-17(11-15)24-12-23-16)21-9-5-14(6-10-21)13-3-7-19-8-4-13/h1-4,7-8,11,14H,5-6,9-10,12H2,(H,20,22). The minimum absolute atomic E-state index is 0.0676. The van der Waals surface area contributed by atoms with Crippen molar-refractivity contribution in [2.75, 3.05) is 25.2 Å². The normalized spacial score (nSPS) is 16.9. The Balaban J connectivity index is 1.35. The molecule has 3 heterocycles. The molecule has 0 bridgehead atoms. The van der Waals surface area contributed by atoms with Crippen molar-refractivity contribution < 1.29 is 14.3 Å². The van der Waals surface area contributed by atoms with Crippen molar-refractivity contribution in [1.82, 2.24) is 9.88 Å². The van der Waals surface area contributed by atoms with E-state index in [1.807, 2.05) is 29.4 Å². The molecule has 2 aliphatic rings. The molecule has 1 aromatic carbocycles. The van der Waals surface area contributed by atoms with Gasteiger partial charge >= 0.3 is 6.03 Å². The molecule has 4 rings (SSSR count). The van der Waals surface area contributed by atoms with Crippen molar-refractivity contribution in [1.29, 1.82) is 0 Å². The lowest BCUT2D eigenvalue weighted by Crippen LogP contribution is -2.40. The van der Waals surface area contributed by atoms with Crippen LogP contribution in [0.1, 0.15) is 24.3 Å². The summed E-state index contributed by atoms with van der Waals surface area (Å²) < 4.78 is 10.6. The third-order valence-electron chi connectivity index (χ3n) is 4.58. The van der Waals surface area contributed by atoms with Crippen LogP contribution in [0.25, 0.3) is 0 Å². The number of anilines is 1. The Morgan fingerprint density at radius 2 is 1.83 bits per heavy atom. The molecule has 0 aliphatic carbocycles. The molecule has 2 aliphatic heterocycles. The number of rotatable bonds is 2. The zero-order chi connectivity index (χ0) is 16.4. The summed E-state index contributed by atoms with van der Waals surface area (Å²) in [4.78, 5) is 18.4. The van der Waals surface area contributed by atoms with Crippen LogP contribution in [0.5, 0.6) is 11.5 Å². The molecular weight excluding hydrogens is 306 g/mol. The molecule has 124 valence electrons. The van der Waals surface area contributed by atoms with Crippen LogP contribution in [-0.4, -0.2) is 35.8 Å². The summed E-state index contributed by atoms with van der Waals surface area (Å²) in [5.41, 5.74) is 2.03. The summed E-state index contributed by atoms with van der Waals surface area (Å²) in [5.74, 6) is 1.89. The SMILES string of the molecule is O=C(Nc1ccc2c(c1)OCO2)N1CCC(c2ccncc2)CC1. The average molecular weight is 325 g/mol. The number of urea groups is 1. The van der Waals surface area contributed by atoms with Gasteiger partial charge in [0.15, 0.2) is 11.5 Å². The predicted molar refractivity (Wildman–Crippen MR) is 89.4 cm³/mol. The molecule has 1 N–H and O–H groups in total. The summed E-state index contributed by atoms with van der Waals surface area (Å²) in [6.45, 7) is 1.74. The van der Waals surface area contributed by atoms with Gasteiger partial charge in [-0.3, -0.25) is 4.98 Å². The Bertz CT molecular complexity index is 728. The van der Waals surface area contributed by atoms with Gasteiger partial charge in [0.2, 0.25) is 6.79 Å². The number of ether oxygens (including phenoxy) is 2. The number of pyridine rings is 1. The number of nitrogens with zero attached hydrogens (tertiary/aromatic N) is 2. The van der Waals surface area contributed by atoms with Crippen LogP contribution < -0.4 is 14.8 Å². The second kappa shape index (κ2) is 6.39. The first-order valence-corrected chi connectivity index (χ1v) is 8.15. The number of amides is 2. The maximum atomic E-state index is 12.4. The monoisotopic (exact) mass is 325 g/mol. The molecule has 0 atom stereocenters. The van der Waals surface area contributed by atoms with Gasteiger partial charge in [0.1, 0.15) is 0 Å². The largest absolute Gasteiger partial charge is 0.454 e. The average Bonchev–Trinajstić information content (AvgIpc) is 3.10. The van der Waals surface area contributed by atoms with E-state index in [1.165, 1.54) is 5.56 Å². The molecule has 1 aromatic heterocycles. The predicted octanol–water partition coefficient (Wildman–Crippen LogP) is 3.22. The van der Waals surface area contributed by atoms with E-state index >= 15 is 0 Å². The number of likely N-dealkylation sites (tertiary alicyclic amines) is 1. The van der Waals surface area contributed by atoms with Crippen LogP contribution in [0.2, 0.25) is 0 Å². The highest BCUT2D eigenvalue weighted by molar-refractivity contribution is 5.89. The van der Waals surface area contributed by atoms with Gasteiger partial charge in [-0.25, -0.2) is 4.79 Å². The summed E-state index contributed by atoms with van der Waals surface area (Å²) in [6.07, 6.45) is 5.60. The third-order valence-corrected chi connectivity index (χ3v) is 4.58. The van der Waals surface area contributed by atoms with Crippen LogP contribution in [0, 0.1) is 0 Å². The number of hydrogen-bond donors (Lipinski definition) is 1. The number of fused-ring (bicyclic) bond motifs is 1. The van der Waals surface area contributed by atoms with E-state index in [0.29, 0.717) is 17.4 Å². The minimum atomic E-state index is -0.0676. The van der Waals surface area contributed by atoms with Crippen LogP contribution in [0.4, 0.5) is 10.5 Å². The quantitative estimate of drug-likeness (QED) is 0.921. The fourth-order valence-electron chi connectivity index (χ4n) is 3.23. The van der Waals surface area contributed by atoms with E-state index in [9.17, 15) is 4.79 Å². The number of hydrogen-bond acceptors (Lipinski definition) is 4. The van der Waals surface area contributed by atoms with Crippen LogP contribution in [-0.2, 0) is 0 Å². The highest BCUT2D eigenvalue weighted by Crippen LogP contribution is 2.34. The number of piperidine rings is 1. The molecule has 6 heteroatoms. The molecule has 2 amide bonds. The Morgan fingerprint density at radius 1 is 1.08 bits per heavy atom. The minimum Gasteiger partial charge on any atom is -0.454 e. The topological polar surface area (TPSA) is 63.7 Å². The zero-order valence-electron chi connectivity index (χ0n) is 13.3. The van der Waals surface area contributed by atoms with Crippen molar-refractivity contribution in [3.63, 3.8) is 0 Å². The van der Waals surface area contributed by atoms with Gasteiger partial charge in [-0.2, -0.15) is 0 Å². The maximum Gasteiger partial charge on any atom is 0.321 e. The van der Waals surface area contributed by atoms with Crippen molar-refractivity contribution in [2.45, 2.75) is 18.8 Å². The Kier molecular flexibility index (Phi) is 3.94. The lowest BCUT2D eigenvalue weighted by molar-refractivity contribution is 0.174. The molecule has 0 saturated carbocycles. The maximum absolute atomic E-state index is 12.4. The van der Waals surface area contributed by atoms with Crippen molar-refractivity contribution >= 4 is 11.7 Å². The van der Waals surface area contributed by atoms with Crippen molar-refractivity contribution in [3.05, 3.63) is 48.3 Å². The Hall–Kier alpha value is -2.76. The number of benzene rings is 1. The molecule has 0 radical (unpaired) electrons. The van der Waals surface area contributed by atoms with E-state index in [0.717, 1.165) is 31.6 Å².